The number of hydrogen-bond acceptors (Lipinski definition) is 4. The Morgan fingerprint density at radius 3 is 2.48 bits per heavy atom. The molecule has 21 heavy (non-hydrogen) atoms. The lowest BCUT2D eigenvalue weighted by Crippen LogP contribution is -2.31. The molecule has 0 saturated carbocycles. The number of rotatable bonds is 5. The normalized spacial score (nSPS) is 11.3. The molecule has 1 amide bonds. The van der Waals surface area contributed by atoms with E-state index >= 15 is 0 Å². The molecule has 0 unspecified atom stereocenters. The van der Waals surface area contributed by atoms with Gasteiger partial charge in [0.1, 0.15) is 0 Å². The first-order chi connectivity index (χ1) is 9.88. The Labute approximate surface area is 130 Å². The van der Waals surface area contributed by atoms with Crippen molar-refractivity contribution in [3.8, 4) is 0 Å². The Bertz CT molecular complexity index is 609. The number of benzene rings is 1. The van der Waals surface area contributed by atoms with Crippen LogP contribution < -0.4 is 4.90 Å². The molecule has 0 N–H and O–H groups in total. The summed E-state index contributed by atoms with van der Waals surface area (Å²) in [5.74, 6) is 0.0567. The molecule has 0 aliphatic heterocycles. The van der Waals surface area contributed by atoms with E-state index in [4.69, 9.17) is 0 Å². The smallest absolute Gasteiger partial charge is 0.225 e. The van der Waals surface area contributed by atoms with E-state index < -0.39 is 0 Å². The third-order valence-electron chi connectivity index (χ3n) is 3.59. The first kappa shape index (κ1) is 15.9. The number of hydrogen-bond donors (Lipinski definition) is 0. The van der Waals surface area contributed by atoms with E-state index in [2.05, 4.69) is 35.9 Å². The number of nitrogens with zero attached hydrogens (tertiary/aromatic N) is 3. The number of thiazole rings is 1. The van der Waals surface area contributed by atoms with Crippen molar-refractivity contribution in [3.63, 3.8) is 0 Å². The summed E-state index contributed by atoms with van der Waals surface area (Å²) in [5, 5.41) is 0.807. The number of anilines is 1. The molecule has 2 rings (SSSR count). The molecular weight excluding hydrogens is 282 g/mol. The summed E-state index contributed by atoms with van der Waals surface area (Å²) in [6.45, 7) is 7.48. The van der Waals surface area contributed by atoms with Gasteiger partial charge in [-0.25, -0.2) is 4.98 Å². The minimum absolute atomic E-state index is 0.0567. The van der Waals surface area contributed by atoms with Crippen LogP contribution in [0.3, 0.4) is 0 Å². The van der Waals surface area contributed by atoms with E-state index in [-0.39, 0.29) is 5.91 Å². The standard InChI is InChI=1S/C16H23N3OS/c1-11-9-14-15(10-12(11)2)21-16(17-14)19(13(3)20)8-6-7-18(4)5/h9-10H,6-8H2,1-5H3. The maximum absolute atomic E-state index is 11.9. The minimum Gasteiger partial charge on any atom is -0.309 e. The fraction of sp³-hybridized carbons (Fsp3) is 0.500. The highest BCUT2D eigenvalue weighted by Gasteiger charge is 2.16. The molecule has 0 radical (unpaired) electrons. The van der Waals surface area contributed by atoms with Gasteiger partial charge in [0.05, 0.1) is 10.2 Å². The summed E-state index contributed by atoms with van der Waals surface area (Å²) in [6.07, 6.45) is 0.945. The summed E-state index contributed by atoms with van der Waals surface area (Å²) in [6, 6.07) is 4.26. The summed E-state index contributed by atoms with van der Waals surface area (Å²) >= 11 is 1.60. The molecule has 2 aromatic rings. The van der Waals surface area contributed by atoms with Crippen LogP contribution in [0.4, 0.5) is 5.13 Å². The van der Waals surface area contributed by atoms with Crippen LogP contribution >= 0.6 is 11.3 Å². The zero-order chi connectivity index (χ0) is 15.6. The lowest BCUT2D eigenvalue weighted by Gasteiger charge is -2.19. The maximum atomic E-state index is 11.9. The Kier molecular flexibility index (Phi) is 4.96. The highest BCUT2D eigenvalue weighted by Crippen LogP contribution is 2.30. The molecule has 1 aromatic heterocycles. The molecule has 0 saturated heterocycles. The molecule has 0 aliphatic carbocycles. The number of carbonyl (C=O) groups excluding carboxylic acids is 1. The van der Waals surface area contributed by atoms with Crippen molar-refractivity contribution in [1.29, 1.82) is 0 Å². The molecule has 0 atom stereocenters. The number of aromatic nitrogens is 1. The summed E-state index contributed by atoms with van der Waals surface area (Å²) in [5.41, 5.74) is 3.48. The average molecular weight is 305 g/mol. The minimum atomic E-state index is 0.0567. The quantitative estimate of drug-likeness (QED) is 0.851. The maximum Gasteiger partial charge on any atom is 0.225 e. The molecule has 4 nitrogen and oxygen atoms in total. The van der Waals surface area contributed by atoms with Gasteiger partial charge in [0.2, 0.25) is 5.91 Å². The fourth-order valence-corrected chi connectivity index (χ4v) is 3.33. The molecule has 5 heteroatoms. The molecule has 0 bridgehead atoms. The second kappa shape index (κ2) is 6.54. The SMILES string of the molecule is CC(=O)N(CCCN(C)C)c1nc2cc(C)c(C)cc2s1. The summed E-state index contributed by atoms with van der Waals surface area (Å²) in [4.78, 5) is 20.5. The Hall–Kier alpha value is -1.46. The lowest BCUT2D eigenvalue weighted by atomic mass is 10.1. The topological polar surface area (TPSA) is 36.4 Å². The average Bonchev–Trinajstić information content (AvgIpc) is 2.76. The van der Waals surface area contributed by atoms with Crippen molar-refractivity contribution in [3.05, 3.63) is 23.3 Å². The molecule has 0 spiro atoms. The first-order valence-electron chi connectivity index (χ1n) is 7.19. The second-order valence-electron chi connectivity index (χ2n) is 5.73. The van der Waals surface area contributed by atoms with Crippen LogP contribution in [-0.2, 0) is 4.79 Å². The van der Waals surface area contributed by atoms with Gasteiger partial charge in [-0.2, -0.15) is 0 Å². The fourth-order valence-electron chi connectivity index (χ4n) is 2.22. The predicted octanol–water partition coefficient (Wildman–Crippen LogP) is 3.22. The zero-order valence-corrected chi connectivity index (χ0v) is 14.3. The highest BCUT2D eigenvalue weighted by molar-refractivity contribution is 7.22. The molecule has 0 aliphatic rings. The summed E-state index contributed by atoms with van der Waals surface area (Å²) < 4.78 is 1.15. The van der Waals surface area contributed by atoms with Crippen molar-refractivity contribution < 1.29 is 4.79 Å². The highest BCUT2D eigenvalue weighted by atomic mass is 32.1. The molecular formula is C16H23N3OS. The van der Waals surface area contributed by atoms with Crippen LogP contribution in [0.2, 0.25) is 0 Å². The van der Waals surface area contributed by atoms with Crippen molar-refractivity contribution in [1.82, 2.24) is 9.88 Å². The first-order valence-corrected chi connectivity index (χ1v) is 8.00. The van der Waals surface area contributed by atoms with E-state index in [0.29, 0.717) is 6.54 Å². The Morgan fingerprint density at radius 2 is 1.86 bits per heavy atom. The van der Waals surface area contributed by atoms with Crippen LogP contribution in [-0.4, -0.2) is 43.0 Å². The number of fused-ring (bicyclic) bond motifs is 1. The van der Waals surface area contributed by atoms with Crippen molar-refractivity contribution in [2.75, 3.05) is 32.1 Å². The van der Waals surface area contributed by atoms with Crippen LogP contribution in [0.25, 0.3) is 10.2 Å². The van der Waals surface area contributed by atoms with E-state index in [9.17, 15) is 4.79 Å². The monoisotopic (exact) mass is 305 g/mol. The Morgan fingerprint density at radius 1 is 1.19 bits per heavy atom. The third kappa shape index (κ3) is 3.80. The predicted molar refractivity (Wildman–Crippen MR) is 90.3 cm³/mol. The van der Waals surface area contributed by atoms with Crippen LogP contribution in [0.5, 0.6) is 0 Å². The van der Waals surface area contributed by atoms with Gasteiger partial charge in [-0.3, -0.25) is 9.69 Å². The largest absolute Gasteiger partial charge is 0.309 e. The van der Waals surface area contributed by atoms with Gasteiger partial charge in [0.25, 0.3) is 0 Å². The number of amides is 1. The van der Waals surface area contributed by atoms with Gasteiger partial charge in [-0.1, -0.05) is 11.3 Å². The molecule has 114 valence electrons. The van der Waals surface area contributed by atoms with E-state index in [1.807, 2.05) is 14.1 Å². The Balaban J connectivity index is 2.26. The van der Waals surface area contributed by atoms with Crippen LogP contribution in [0, 0.1) is 13.8 Å². The van der Waals surface area contributed by atoms with Crippen molar-refractivity contribution in [2.24, 2.45) is 0 Å². The van der Waals surface area contributed by atoms with Gasteiger partial charge >= 0.3 is 0 Å². The molecule has 0 fully saturated rings. The van der Waals surface area contributed by atoms with E-state index in [0.717, 1.165) is 28.3 Å². The summed E-state index contributed by atoms with van der Waals surface area (Å²) in [7, 11) is 4.09. The lowest BCUT2D eigenvalue weighted by molar-refractivity contribution is -0.116. The van der Waals surface area contributed by atoms with Crippen LogP contribution in [0.1, 0.15) is 24.5 Å². The van der Waals surface area contributed by atoms with E-state index in [1.165, 1.54) is 11.1 Å². The molecule has 1 aromatic carbocycles. The van der Waals surface area contributed by atoms with Crippen molar-refractivity contribution >= 4 is 32.6 Å². The number of aryl methyl sites for hydroxylation is 2. The third-order valence-corrected chi connectivity index (χ3v) is 4.63. The van der Waals surface area contributed by atoms with Gasteiger partial charge in [-0.15, -0.1) is 0 Å². The van der Waals surface area contributed by atoms with Gasteiger partial charge in [0, 0.05) is 13.5 Å². The number of carbonyl (C=O) groups is 1. The van der Waals surface area contributed by atoms with Gasteiger partial charge < -0.3 is 4.90 Å². The molecule has 1 heterocycles. The van der Waals surface area contributed by atoms with E-state index in [1.54, 1.807) is 23.2 Å². The van der Waals surface area contributed by atoms with Gasteiger partial charge in [-0.05, 0) is 64.2 Å². The van der Waals surface area contributed by atoms with Gasteiger partial charge in [0.15, 0.2) is 5.13 Å². The van der Waals surface area contributed by atoms with Crippen molar-refractivity contribution in [2.45, 2.75) is 27.2 Å². The second-order valence-corrected chi connectivity index (χ2v) is 6.74. The van der Waals surface area contributed by atoms with Crippen LogP contribution in [0.15, 0.2) is 12.1 Å². The zero-order valence-electron chi connectivity index (χ0n) is 13.4.